The second-order valence-corrected chi connectivity index (χ2v) is 6.07. The fraction of sp³-hybridized carbons (Fsp3) is 0.353. The quantitative estimate of drug-likeness (QED) is 0.900. The Morgan fingerprint density at radius 3 is 2.52 bits per heavy atom. The summed E-state index contributed by atoms with van der Waals surface area (Å²) in [7, 11) is 0. The molecular weight excluding hydrogens is 286 g/mol. The topological polar surface area (TPSA) is 38.3 Å². The van der Waals surface area contributed by atoms with Crippen LogP contribution in [0.2, 0.25) is 5.02 Å². The second-order valence-electron chi connectivity index (χ2n) is 5.67. The number of carbonyl (C=O) groups excluding carboxylic acids is 1. The molecule has 2 aromatic rings. The average molecular weight is 306 g/mol. The van der Waals surface area contributed by atoms with E-state index < -0.39 is 0 Å². The van der Waals surface area contributed by atoms with Crippen LogP contribution in [0.15, 0.2) is 36.4 Å². The Kier molecular flexibility index (Phi) is 4.73. The van der Waals surface area contributed by atoms with Crippen molar-refractivity contribution < 1.29 is 9.53 Å². The molecule has 3 nitrogen and oxygen atoms in total. The van der Waals surface area contributed by atoms with E-state index in [9.17, 15) is 4.79 Å². The van der Waals surface area contributed by atoms with Crippen LogP contribution in [0.5, 0.6) is 5.75 Å². The molecule has 0 aromatic heterocycles. The molecule has 0 saturated heterocycles. The van der Waals surface area contributed by atoms with E-state index in [0.717, 1.165) is 17.2 Å². The van der Waals surface area contributed by atoms with Crippen molar-refractivity contribution in [2.75, 3.05) is 6.61 Å². The molecule has 0 atom stereocenters. The third-order valence-corrected chi connectivity index (χ3v) is 3.88. The van der Waals surface area contributed by atoms with E-state index in [-0.39, 0.29) is 18.1 Å². The maximum atomic E-state index is 11.9. The summed E-state index contributed by atoms with van der Waals surface area (Å²) in [5.74, 6) is 0.542. The second kappa shape index (κ2) is 6.35. The molecule has 21 heavy (non-hydrogen) atoms. The SMILES string of the molecule is CCC(C)(C)NC(=O)COc1ccc(Cl)c2ccccc12. The van der Waals surface area contributed by atoms with Crippen LogP contribution < -0.4 is 10.1 Å². The number of amides is 1. The molecule has 0 unspecified atom stereocenters. The van der Waals surface area contributed by atoms with Gasteiger partial charge in [0.05, 0.1) is 0 Å². The first-order valence-corrected chi connectivity index (χ1v) is 7.42. The number of fused-ring (bicyclic) bond motifs is 1. The molecule has 0 fully saturated rings. The Hall–Kier alpha value is -1.74. The lowest BCUT2D eigenvalue weighted by molar-refractivity contribution is -0.124. The minimum absolute atomic E-state index is 0.00490. The third kappa shape index (κ3) is 3.88. The van der Waals surface area contributed by atoms with Crippen LogP contribution in [0.4, 0.5) is 0 Å². The van der Waals surface area contributed by atoms with E-state index in [4.69, 9.17) is 16.3 Å². The molecule has 2 aromatic carbocycles. The number of nitrogens with one attached hydrogen (secondary N) is 1. The van der Waals surface area contributed by atoms with E-state index >= 15 is 0 Å². The van der Waals surface area contributed by atoms with Crippen molar-refractivity contribution in [3.8, 4) is 5.75 Å². The number of halogens is 1. The van der Waals surface area contributed by atoms with E-state index in [0.29, 0.717) is 10.8 Å². The van der Waals surface area contributed by atoms with Crippen LogP contribution in [0, 0.1) is 0 Å². The van der Waals surface area contributed by atoms with Gasteiger partial charge in [0, 0.05) is 21.3 Å². The number of hydrogen-bond acceptors (Lipinski definition) is 2. The molecule has 0 radical (unpaired) electrons. The van der Waals surface area contributed by atoms with Crippen molar-refractivity contribution in [3.05, 3.63) is 41.4 Å². The number of carbonyl (C=O) groups is 1. The van der Waals surface area contributed by atoms with Crippen molar-refractivity contribution in [3.63, 3.8) is 0 Å². The molecule has 0 aliphatic carbocycles. The molecule has 0 bridgehead atoms. The fourth-order valence-electron chi connectivity index (χ4n) is 2.01. The van der Waals surface area contributed by atoms with Crippen molar-refractivity contribution in [1.29, 1.82) is 0 Å². The summed E-state index contributed by atoms with van der Waals surface area (Å²) in [6, 6.07) is 11.3. The lowest BCUT2D eigenvalue weighted by Gasteiger charge is -2.24. The first kappa shape index (κ1) is 15.6. The molecule has 112 valence electrons. The number of benzene rings is 2. The Balaban J connectivity index is 2.11. The van der Waals surface area contributed by atoms with Gasteiger partial charge in [0.1, 0.15) is 5.75 Å². The summed E-state index contributed by atoms with van der Waals surface area (Å²) in [5.41, 5.74) is -0.220. The van der Waals surface area contributed by atoms with Gasteiger partial charge >= 0.3 is 0 Å². The zero-order valence-corrected chi connectivity index (χ0v) is 13.3. The van der Waals surface area contributed by atoms with E-state index in [2.05, 4.69) is 5.32 Å². The Bertz CT molecular complexity index is 652. The van der Waals surface area contributed by atoms with Crippen molar-refractivity contribution in [2.45, 2.75) is 32.7 Å². The van der Waals surface area contributed by atoms with Gasteiger partial charge in [0.15, 0.2) is 6.61 Å². The molecule has 4 heteroatoms. The monoisotopic (exact) mass is 305 g/mol. The lowest BCUT2D eigenvalue weighted by atomic mass is 10.0. The van der Waals surface area contributed by atoms with Crippen molar-refractivity contribution in [1.82, 2.24) is 5.32 Å². The minimum Gasteiger partial charge on any atom is -0.483 e. The molecule has 0 saturated carbocycles. The van der Waals surface area contributed by atoms with Gasteiger partial charge in [0.2, 0.25) is 0 Å². The Labute approximate surface area is 130 Å². The van der Waals surface area contributed by atoms with Gasteiger partial charge in [-0.3, -0.25) is 4.79 Å². The molecule has 2 rings (SSSR count). The highest BCUT2D eigenvalue weighted by Gasteiger charge is 2.18. The lowest BCUT2D eigenvalue weighted by Crippen LogP contribution is -2.44. The van der Waals surface area contributed by atoms with E-state index in [1.54, 1.807) is 12.1 Å². The molecule has 1 N–H and O–H groups in total. The largest absolute Gasteiger partial charge is 0.483 e. The average Bonchev–Trinajstić information content (AvgIpc) is 2.46. The van der Waals surface area contributed by atoms with Gasteiger partial charge in [-0.05, 0) is 32.4 Å². The highest BCUT2D eigenvalue weighted by molar-refractivity contribution is 6.35. The van der Waals surface area contributed by atoms with Crippen LogP contribution >= 0.6 is 11.6 Å². The predicted octanol–water partition coefficient (Wildman–Crippen LogP) is 4.18. The number of ether oxygens (including phenoxy) is 1. The molecule has 0 aliphatic rings. The maximum absolute atomic E-state index is 11.9. The minimum atomic E-state index is -0.220. The van der Waals surface area contributed by atoms with Crippen LogP contribution in [0.25, 0.3) is 10.8 Å². The van der Waals surface area contributed by atoms with Gasteiger partial charge in [-0.25, -0.2) is 0 Å². The van der Waals surface area contributed by atoms with Crippen LogP contribution in [0.3, 0.4) is 0 Å². The normalized spacial score (nSPS) is 11.4. The van der Waals surface area contributed by atoms with Gasteiger partial charge in [0.25, 0.3) is 5.91 Å². The Morgan fingerprint density at radius 1 is 1.19 bits per heavy atom. The van der Waals surface area contributed by atoms with Gasteiger partial charge in [-0.1, -0.05) is 42.8 Å². The number of rotatable bonds is 5. The molecular formula is C17H20ClNO2. The summed E-state index contributed by atoms with van der Waals surface area (Å²) in [6.07, 6.45) is 0.864. The van der Waals surface area contributed by atoms with Gasteiger partial charge in [-0.15, -0.1) is 0 Å². The summed E-state index contributed by atoms with van der Waals surface area (Å²) >= 11 is 6.16. The van der Waals surface area contributed by atoms with Crippen LogP contribution in [-0.4, -0.2) is 18.1 Å². The maximum Gasteiger partial charge on any atom is 0.258 e. The third-order valence-electron chi connectivity index (χ3n) is 3.55. The predicted molar refractivity (Wildman–Crippen MR) is 87.0 cm³/mol. The first-order valence-electron chi connectivity index (χ1n) is 7.04. The highest BCUT2D eigenvalue weighted by atomic mass is 35.5. The summed E-state index contributed by atoms with van der Waals surface area (Å²) < 4.78 is 5.66. The van der Waals surface area contributed by atoms with Gasteiger partial charge in [-0.2, -0.15) is 0 Å². The molecule has 1 amide bonds. The fourth-order valence-corrected chi connectivity index (χ4v) is 2.23. The van der Waals surface area contributed by atoms with Crippen molar-refractivity contribution in [2.24, 2.45) is 0 Å². The van der Waals surface area contributed by atoms with E-state index in [1.165, 1.54) is 0 Å². The first-order chi connectivity index (χ1) is 9.93. The van der Waals surface area contributed by atoms with Crippen molar-refractivity contribution >= 4 is 28.3 Å². The molecule has 0 spiro atoms. The highest BCUT2D eigenvalue weighted by Crippen LogP contribution is 2.31. The zero-order valence-electron chi connectivity index (χ0n) is 12.6. The smallest absolute Gasteiger partial charge is 0.258 e. The number of hydrogen-bond donors (Lipinski definition) is 1. The molecule has 0 aliphatic heterocycles. The molecule has 0 heterocycles. The van der Waals surface area contributed by atoms with Crippen LogP contribution in [0.1, 0.15) is 27.2 Å². The van der Waals surface area contributed by atoms with E-state index in [1.807, 2.05) is 45.0 Å². The zero-order chi connectivity index (χ0) is 15.5. The Morgan fingerprint density at radius 2 is 1.86 bits per heavy atom. The summed E-state index contributed by atoms with van der Waals surface area (Å²) in [4.78, 5) is 11.9. The summed E-state index contributed by atoms with van der Waals surface area (Å²) in [5, 5.41) is 5.45. The standard InChI is InChI=1S/C17H20ClNO2/c1-4-17(2,3)19-16(20)11-21-15-10-9-14(18)12-7-5-6-8-13(12)15/h5-10H,4,11H2,1-3H3,(H,19,20). The van der Waals surface area contributed by atoms with Gasteiger partial charge < -0.3 is 10.1 Å². The van der Waals surface area contributed by atoms with Crippen LogP contribution in [-0.2, 0) is 4.79 Å². The summed E-state index contributed by atoms with van der Waals surface area (Å²) in [6.45, 7) is 6.01.